The molecule has 1 aliphatic rings. The molecule has 1 fully saturated rings. The number of rotatable bonds is 6. The second kappa shape index (κ2) is 8.98. The highest BCUT2D eigenvalue weighted by Crippen LogP contribution is 2.33. The average molecular weight is 365 g/mol. The molecular formula is C23H27NO3. The lowest BCUT2D eigenvalue weighted by Crippen LogP contribution is -2.28. The van der Waals surface area contributed by atoms with Crippen LogP contribution in [0.2, 0.25) is 0 Å². The molecule has 3 rings (SSSR count). The first kappa shape index (κ1) is 19.3. The number of carbonyl (C=O) groups excluding carboxylic acids is 1. The summed E-state index contributed by atoms with van der Waals surface area (Å²) in [5, 5.41) is 10.6. The van der Waals surface area contributed by atoms with Crippen LogP contribution in [0.1, 0.15) is 47.2 Å². The molecule has 0 aromatic heterocycles. The number of β-amino-alcohol motifs (C(OH)–C–C–N with tert-alkyl or cyclic N) is 1. The van der Waals surface area contributed by atoms with Crippen molar-refractivity contribution < 1.29 is 14.6 Å². The van der Waals surface area contributed by atoms with Crippen LogP contribution in [0.15, 0.2) is 54.6 Å². The van der Waals surface area contributed by atoms with Crippen LogP contribution in [0.3, 0.4) is 0 Å². The fourth-order valence-electron chi connectivity index (χ4n) is 3.60. The Morgan fingerprint density at radius 3 is 2.59 bits per heavy atom. The van der Waals surface area contributed by atoms with E-state index >= 15 is 0 Å². The highest BCUT2D eigenvalue weighted by atomic mass is 16.5. The molecule has 2 aromatic rings. The highest BCUT2D eigenvalue weighted by molar-refractivity contribution is 5.86. The quantitative estimate of drug-likeness (QED) is 0.620. The van der Waals surface area contributed by atoms with Gasteiger partial charge in [0.05, 0.1) is 13.2 Å². The molecule has 2 atom stereocenters. The molecule has 0 bridgehead atoms. The molecule has 27 heavy (non-hydrogen) atoms. The number of hydrogen-bond acceptors (Lipinski definition) is 4. The van der Waals surface area contributed by atoms with Crippen molar-refractivity contribution in [2.45, 2.75) is 31.9 Å². The maximum absolute atomic E-state index is 11.2. The molecule has 1 saturated heterocycles. The van der Waals surface area contributed by atoms with Crippen LogP contribution >= 0.6 is 0 Å². The average Bonchev–Trinajstić information content (AvgIpc) is 3.15. The van der Waals surface area contributed by atoms with E-state index < -0.39 is 6.10 Å². The van der Waals surface area contributed by atoms with E-state index in [9.17, 15) is 9.90 Å². The summed E-state index contributed by atoms with van der Waals surface area (Å²) in [6.45, 7) is 3.69. The summed E-state index contributed by atoms with van der Waals surface area (Å²) in [6, 6.07) is 16.7. The van der Waals surface area contributed by atoms with Crippen molar-refractivity contribution in [3.63, 3.8) is 0 Å². The number of aliphatic hydroxyl groups excluding tert-OH is 1. The lowest BCUT2D eigenvalue weighted by atomic mass is 10.0. The number of benzene rings is 2. The predicted molar refractivity (Wildman–Crippen MR) is 107 cm³/mol. The topological polar surface area (TPSA) is 49.8 Å². The van der Waals surface area contributed by atoms with Crippen LogP contribution in [0.5, 0.6) is 0 Å². The molecule has 0 spiro atoms. The number of carbonyl (C=O) groups is 1. The van der Waals surface area contributed by atoms with Crippen molar-refractivity contribution in [1.82, 2.24) is 4.90 Å². The molecule has 2 aromatic carbocycles. The van der Waals surface area contributed by atoms with Crippen LogP contribution in [-0.4, -0.2) is 36.2 Å². The lowest BCUT2D eigenvalue weighted by Gasteiger charge is -2.27. The van der Waals surface area contributed by atoms with E-state index in [-0.39, 0.29) is 5.97 Å². The Hall–Kier alpha value is -2.43. The first-order chi connectivity index (χ1) is 13.1. The number of nitrogens with zero attached hydrogens (tertiary/aromatic N) is 1. The lowest BCUT2D eigenvalue weighted by molar-refractivity contribution is -0.134. The Morgan fingerprint density at radius 2 is 1.93 bits per heavy atom. The Morgan fingerprint density at radius 1 is 1.22 bits per heavy atom. The summed E-state index contributed by atoms with van der Waals surface area (Å²) < 4.78 is 4.61. The van der Waals surface area contributed by atoms with Gasteiger partial charge in [0, 0.05) is 18.7 Å². The molecule has 0 radical (unpaired) electrons. The largest absolute Gasteiger partial charge is 0.466 e. The summed E-state index contributed by atoms with van der Waals surface area (Å²) in [7, 11) is 1.37. The van der Waals surface area contributed by atoms with E-state index in [1.54, 1.807) is 6.08 Å². The smallest absolute Gasteiger partial charge is 0.330 e. The molecule has 1 N–H and O–H groups in total. The molecule has 1 heterocycles. The van der Waals surface area contributed by atoms with Crippen LogP contribution in [0.25, 0.3) is 6.08 Å². The van der Waals surface area contributed by atoms with Gasteiger partial charge >= 0.3 is 5.97 Å². The number of esters is 1. The Balaban J connectivity index is 1.66. The van der Waals surface area contributed by atoms with E-state index in [4.69, 9.17) is 0 Å². The maximum atomic E-state index is 11.2. The van der Waals surface area contributed by atoms with Gasteiger partial charge in [-0.25, -0.2) is 4.79 Å². The third kappa shape index (κ3) is 5.06. The van der Waals surface area contributed by atoms with Crippen molar-refractivity contribution in [2.24, 2.45) is 0 Å². The minimum atomic E-state index is -0.478. The number of methoxy groups -OCH3 is 1. The Kier molecular flexibility index (Phi) is 6.43. The Bertz CT molecular complexity index is 780. The first-order valence-electron chi connectivity index (χ1n) is 9.41. The normalized spacial score (nSPS) is 18.7. The number of hydrogen-bond donors (Lipinski definition) is 1. The second-order valence-corrected chi connectivity index (χ2v) is 7.10. The monoisotopic (exact) mass is 365 g/mol. The maximum Gasteiger partial charge on any atom is 0.330 e. The van der Waals surface area contributed by atoms with Crippen molar-refractivity contribution in [3.8, 4) is 0 Å². The van der Waals surface area contributed by atoms with Gasteiger partial charge in [-0.1, -0.05) is 54.1 Å². The van der Waals surface area contributed by atoms with E-state index in [0.29, 0.717) is 12.6 Å². The van der Waals surface area contributed by atoms with Crippen LogP contribution in [-0.2, 0) is 9.53 Å². The van der Waals surface area contributed by atoms with Crippen LogP contribution in [0.4, 0.5) is 0 Å². The van der Waals surface area contributed by atoms with Gasteiger partial charge in [-0.05, 0) is 49.1 Å². The fraction of sp³-hybridized carbons (Fsp3) is 0.348. The number of likely N-dealkylation sites (tertiary alicyclic amines) is 1. The van der Waals surface area contributed by atoms with Crippen molar-refractivity contribution in [1.29, 1.82) is 0 Å². The molecule has 1 unspecified atom stereocenters. The third-order valence-corrected chi connectivity index (χ3v) is 5.17. The summed E-state index contributed by atoms with van der Waals surface area (Å²) in [6.07, 6.45) is 4.93. The number of ether oxygens (including phenoxy) is 1. The molecule has 0 saturated carbocycles. The minimum Gasteiger partial charge on any atom is -0.466 e. The van der Waals surface area contributed by atoms with Gasteiger partial charge in [0.25, 0.3) is 0 Å². The molecule has 0 amide bonds. The third-order valence-electron chi connectivity index (χ3n) is 5.17. The number of aryl methyl sites for hydroxylation is 1. The minimum absolute atomic E-state index is 0.323. The van der Waals surface area contributed by atoms with Crippen molar-refractivity contribution in [3.05, 3.63) is 76.9 Å². The summed E-state index contributed by atoms with van der Waals surface area (Å²) in [5.74, 6) is -0.355. The predicted octanol–water partition coefficient (Wildman–Crippen LogP) is 4.05. The zero-order valence-corrected chi connectivity index (χ0v) is 16.0. The fourth-order valence-corrected chi connectivity index (χ4v) is 3.60. The SMILES string of the molecule is COC(=O)/C=C/c1ccc([C@@H]2CCCN2CC(O)c2ccc(C)cc2)cc1. The summed E-state index contributed by atoms with van der Waals surface area (Å²) >= 11 is 0. The van der Waals surface area contributed by atoms with E-state index in [0.717, 1.165) is 30.5 Å². The van der Waals surface area contributed by atoms with Gasteiger partial charge in [-0.15, -0.1) is 0 Å². The van der Waals surface area contributed by atoms with Crippen molar-refractivity contribution in [2.75, 3.05) is 20.2 Å². The first-order valence-corrected chi connectivity index (χ1v) is 9.41. The molecule has 0 aliphatic carbocycles. The van der Waals surface area contributed by atoms with Gasteiger partial charge in [-0.2, -0.15) is 0 Å². The van der Waals surface area contributed by atoms with Crippen molar-refractivity contribution >= 4 is 12.0 Å². The van der Waals surface area contributed by atoms with E-state index in [1.165, 1.54) is 24.3 Å². The molecule has 1 aliphatic heterocycles. The van der Waals surface area contributed by atoms with Gasteiger partial charge < -0.3 is 9.84 Å². The highest BCUT2D eigenvalue weighted by Gasteiger charge is 2.27. The molecule has 4 heteroatoms. The standard InChI is InChI=1S/C23H27NO3/c1-17-5-10-20(11-6-17)22(25)16-24-15-3-4-21(24)19-12-7-18(8-13-19)9-14-23(26)27-2/h5-14,21-22,25H,3-4,15-16H2,1-2H3/b14-9+/t21-,22?/m0/s1. The van der Waals surface area contributed by atoms with E-state index in [1.807, 2.05) is 36.4 Å². The Labute approximate surface area is 161 Å². The van der Waals surface area contributed by atoms with E-state index in [2.05, 4.69) is 28.7 Å². The van der Waals surface area contributed by atoms with Gasteiger partial charge in [0.15, 0.2) is 0 Å². The van der Waals surface area contributed by atoms with Gasteiger partial charge in [-0.3, -0.25) is 4.90 Å². The zero-order valence-electron chi connectivity index (χ0n) is 16.0. The second-order valence-electron chi connectivity index (χ2n) is 7.10. The van der Waals surface area contributed by atoms with Crippen LogP contribution in [0, 0.1) is 6.92 Å². The van der Waals surface area contributed by atoms with Crippen LogP contribution < -0.4 is 0 Å². The van der Waals surface area contributed by atoms with Gasteiger partial charge in [0.2, 0.25) is 0 Å². The van der Waals surface area contributed by atoms with Gasteiger partial charge in [0.1, 0.15) is 0 Å². The number of aliphatic hydroxyl groups is 1. The molecule has 4 nitrogen and oxygen atoms in total. The zero-order chi connectivity index (χ0) is 19.2. The molecule has 142 valence electrons. The summed E-state index contributed by atoms with van der Waals surface area (Å²) in [4.78, 5) is 13.6. The summed E-state index contributed by atoms with van der Waals surface area (Å²) in [5.41, 5.74) is 4.38. The molecular weight excluding hydrogens is 338 g/mol.